The van der Waals surface area contributed by atoms with Crippen molar-refractivity contribution in [2.45, 2.75) is 13.3 Å². The maximum absolute atomic E-state index is 12.3. The van der Waals surface area contributed by atoms with Crippen LogP contribution in [0, 0.1) is 0 Å². The fourth-order valence-electron chi connectivity index (χ4n) is 1.06. The predicted molar refractivity (Wildman–Crippen MR) is 51.2 cm³/mol. The van der Waals surface area contributed by atoms with E-state index in [2.05, 4.69) is 9.72 Å². The van der Waals surface area contributed by atoms with E-state index >= 15 is 0 Å². The second-order valence-electron chi connectivity index (χ2n) is 2.85. The first-order valence-corrected chi connectivity index (χ1v) is 4.42. The third-order valence-corrected chi connectivity index (χ3v) is 1.76. The van der Waals surface area contributed by atoms with Gasteiger partial charge in [-0.05, 0) is 6.92 Å². The minimum atomic E-state index is -2.96. The Morgan fingerprint density at radius 2 is 2.31 bits per heavy atom. The Morgan fingerprint density at radius 3 is 2.81 bits per heavy atom. The van der Waals surface area contributed by atoms with Gasteiger partial charge in [-0.3, -0.25) is 0 Å². The van der Waals surface area contributed by atoms with E-state index in [9.17, 15) is 18.7 Å². The van der Waals surface area contributed by atoms with Crippen LogP contribution < -0.4 is 5.73 Å². The summed E-state index contributed by atoms with van der Waals surface area (Å²) in [6, 6.07) is 0.821. The molecule has 1 aromatic heterocycles. The number of halogens is 2. The second kappa shape index (κ2) is 4.73. The van der Waals surface area contributed by atoms with Crippen LogP contribution in [0.3, 0.4) is 0 Å². The largest absolute Gasteiger partial charge is 0.506 e. The van der Waals surface area contributed by atoms with E-state index in [0.29, 0.717) is 0 Å². The monoisotopic (exact) mass is 232 g/mol. The third-order valence-electron chi connectivity index (χ3n) is 1.76. The van der Waals surface area contributed by atoms with Crippen LogP contribution in [-0.4, -0.2) is 22.7 Å². The molecule has 1 heterocycles. The molecule has 0 fully saturated rings. The maximum Gasteiger partial charge on any atom is 0.342 e. The second-order valence-corrected chi connectivity index (χ2v) is 2.85. The van der Waals surface area contributed by atoms with Crippen molar-refractivity contribution < 1.29 is 23.4 Å². The van der Waals surface area contributed by atoms with Crippen LogP contribution in [0.15, 0.2) is 6.07 Å². The number of aromatic hydroxyl groups is 1. The Labute approximate surface area is 89.9 Å². The topological polar surface area (TPSA) is 85.4 Å². The molecule has 88 valence electrons. The summed E-state index contributed by atoms with van der Waals surface area (Å²) >= 11 is 0. The van der Waals surface area contributed by atoms with Gasteiger partial charge in [-0.25, -0.2) is 18.6 Å². The Kier molecular flexibility index (Phi) is 3.60. The Hall–Kier alpha value is -1.92. The number of alkyl halides is 2. The number of anilines is 1. The highest BCUT2D eigenvalue weighted by Crippen LogP contribution is 2.29. The van der Waals surface area contributed by atoms with E-state index in [1.54, 1.807) is 6.92 Å². The van der Waals surface area contributed by atoms with Crippen molar-refractivity contribution >= 4 is 11.8 Å². The van der Waals surface area contributed by atoms with Crippen molar-refractivity contribution in [3.63, 3.8) is 0 Å². The number of esters is 1. The van der Waals surface area contributed by atoms with Crippen molar-refractivity contribution in [1.82, 2.24) is 4.98 Å². The van der Waals surface area contributed by atoms with Gasteiger partial charge in [0.15, 0.2) is 5.69 Å². The molecule has 7 heteroatoms. The van der Waals surface area contributed by atoms with Crippen LogP contribution in [-0.2, 0) is 4.74 Å². The van der Waals surface area contributed by atoms with Crippen molar-refractivity contribution in [1.29, 1.82) is 0 Å². The Morgan fingerprint density at radius 1 is 1.69 bits per heavy atom. The summed E-state index contributed by atoms with van der Waals surface area (Å²) in [5.41, 5.74) is 4.21. The molecule has 0 spiro atoms. The smallest absolute Gasteiger partial charge is 0.342 e. The summed E-state index contributed by atoms with van der Waals surface area (Å²) in [5.74, 6) is -2.00. The first kappa shape index (κ1) is 12.2. The van der Waals surface area contributed by atoms with Gasteiger partial charge in [0.1, 0.15) is 17.1 Å². The number of nitrogens with zero attached hydrogens (tertiary/aromatic N) is 1. The summed E-state index contributed by atoms with van der Waals surface area (Å²) in [7, 11) is 0. The molecule has 0 aromatic carbocycles. The van der Waals surface area contributed by atoms with Crippen LogP contribution >= 0.6 is 0 Å². The van der Waals surface area contributed by atoms with Gasteiger partial charge in [-0.1, -0.05) is 0 Å². The van der Waals surface area contributed by atoms with Gasteiger partial charge in [-0.2, -0.15) is 0 Å². The molecule has 0 bridgehead atoms. The first-order valence-electron chi connectivity index (χ1n) is 4.42. The number of pyridine rings is 1. The molecule has 5 nitrogen and oxygen atoms in total. The number of carbonyl (C=O) groups is 1. The van der Waals surface area contributed by atoms with Gasteiger partial charge < -0.3 is 15.6 Å². The fourth-order valence-corrected chi connectivity index (χ4v) is 1.06. The zero-order chi connectivity index (χ0) is 12.3. The molecule has 0 atom stereocenters. The van der Waals surface area contributed by atoms with Crippen LogP contribution in [0.2, 0.25) is 0 Å². The molecule has 0 saturated carbocycles. The van der Waals surface area contributed by atoms with E-state index in [-0.39, 0.29) is 12.2 Å². The van der Waals surface area contributed by atoms with Crippen molar-refractivity contribution in [3.05, 3.63) is 17.3 Å². The predicted octanol–water partition coefficient (Wildman–Crippen LogP) is 1.48. The highest BCUT2D eigenvalue weighted by atomic mass is 19.3. The average molecular weight is 232 g/mol. The number of rotatable bonds is 3. The summed E-state index contributed by atoms with van der Waals surface area (Å²) in [6.07, 6.45) is -2.96. The van der Waals surface area contributed by atoms with E-state index < -0.39 is 29.7 Å². The zero-order valence-electron chi connectivity index (χ0n) is 8.41. The maximum atomic E-state index is 12.3. The molecule has 0 aliphatic rings. The molecule has 16 heavy (non-hydrogen) atoms. The van der Waals surface area contributed by atoms with E-state index in [4.69, 9.17) is 5.73 Å². The normalized spacial score (nSPS) is 10.5. The number of hydrogen-bond acceptors (Lipinski definition) is 5. The van der Waals surface area contributed by atoms with E-state index in [0.717, 1.165) is 6.07 Å². The molecule has 3 N–H and O–H groups in total. The molecule has 1 aromatic rings. The molecular formula is C9H10F2N2O3. The van der Waals surface area contributed by atoms with Gasteiger partial charge in [-0.15, -0.1) is 0 Å². The highest BCUT2D eigenvalue weighted by Gasteiger charge is 2.21. The summed E-state index contributed by atoms with van der Waals surface area (Å²) in [4.78, 5) is 14.5. The van der Waals surface area contributed by atoms with Crippen molar-refractivity contribution in [2.75, 3.05) is 12.3 Å². The van der Waals surface area contributed by atoms with Gasteiger partial charge in [0.25, 0.3) is 6.43 Å². The lowest BCUT2D eigenvalue weighted by molar-refractivity contribution is 0.0526. The summed E-state index contributed by atoms with van der Waals surface area (Å²) < 4.78 is 29.2. The molecule has 0 unspecified atom stereocenters. The van der Waals surface area contributed by atoms with Gasteiger partial charge in [0.05, 0.1) is 6.61 Å². The number of carbonyl (C=O) groups excluding carboxylic acids is 1. The molecular weight excluding hydrogens is 222 g/mol. The van der Waals surface area contributed by atoms with Crippen molar-refractivity contribution in [2.24, 2.45) is 0 Å². The standard InChI is InChI=1S/C9H10F2N2O3/c1-2-16-9(15)4-3-5(14)6(7(10)11)13-8(4)12/h3,7,14H,2H2,1H3,(H2,12,13). The lowest BCUT2D eigenvalue weighted by Gasteiger charge is -2.08. The minimum Gasteiger partial charge on any atom is -0.506 e. The van der Waals surface area contributed by atoms with Crippen LogP contribution in [0.25, 0.3) is 0 Å². The minimum absolute atomic E-state index is 0.107. The SMILES string of the molecule is CCOC(=O)c1cc(O)c(C(F)F)nc1N. The lowest BCUT2D eigenvalue weighted by atomic mass is 10.2. The lowest BCUT2D eigenvalue weighted by Crippen LogP contribution is -2.10. The molecule has 1 rings (SSSR count). The van der Waals surface area contributed by atoms with E-state index in [1.165, 1.54) is 0 Å². The highest BCUT2D eigenvalue weighted by molar-refractivity contribution is 5.94. The molecule has 0 aliphatic carbocycles. The summed E-state index contributed by atoms with van der Waals surface area (Å²) in [6.45, 7) is 1.69. The van der Waals surface area contributed by atoms with Gasteiger partial charge in [0, 0.05) is 6.07 Å². The number of hydrogen-bond donors (Lipinski definition) is 2. The van der Waals surface area contributed by atoms with Crippen LogP contribution in [0.1, 0.15) is 29.4 Å². The number of ether oxygens (including phenoxy) is 1. The Bertz CT molecular complexity index is 410. The quantitative estimate of drug-likeness (QED) is 0.771. The molecule has 0 aliphatic heterocycles. The fraction of sp³-hybridized carbons (Fsp3) is 0.333. The van der Waals surface area contributed by atoms with Gasteiger partial charge in [0.2, 0.25) is 0 Å². The van der Waals surface area contributed by atoms with Gasteiger partial charge >= 0.3 is 5.97 Å². The summed E-state index contributed by atoms with van der Waals surface area (Å²) in [5, 5.41) is 9.20. The molecule has 0 amide bonds. The zero-order valence-corrected chi connectivity index (χ0v) is 8.41. The van der Waals surface area contributed by atoms with E-state index in [1.807, 2.05) is 0 Å². The Balaban J connectivity index is 3.15. The van der Waals surface area contributed by atoms with Crippen LogP contribution in [0.4, 0.5) is 14.6 Å². The average Bonchev–Trinajstić information content (AvgIpc) is 2.20. The molecule has 0 radical (unpaired) electrons. The molecule has 0 saturated heterocycles. The first-order chi connectivity index (χ1) is 7.47. The van der Waals surface area contributed by atoms with Crippen LogP contribution in [0.5, 0.6) is 5.75 Å². The van der Waals surface area contributed by atoms with Crippen molar-refractivity contribution in [3.8, 4) is 5.75 Å². The number of aromatic nitrogens is 1. The number of nitrogens with two attached hydrogens (primary N) is 1. The third kappa shape index (κ3) is 2.36. The number of nitrogen functional groups attached to an aromatic ring is 1.